The Morgan fingerprint density at radius 3 is 2.51 bits per heavy atom. The van der Waals surface area contributed by atoms with Crippen molar-refractivity contribution in [2.45, 2.75) is 36.8 Å². The molecule has 3 heterocycles. The number of nitrogens with zero attached hydrogens (tertiary/aromatic N) is 2. The molecular formula is C23H22F3N3O5S. The first-order chi connectivity index (χ1) is 16.4. The second-order valence-electron chi connectivity index (χ2n) is 8.30. The Hall–Kier alpha value is -3.22. The fourth-order valence-corrected chi connectivity index (χ4v) is 4.50. The molecule has 1 saturated heterocycles. The number of alkyl halides is 3. The minimum atomic E-state index is -4.69. The number of aromatic nitrogens is 2. The number of halogens is 3. The van der Waals surface area contributed by atoms with Crippen LogP contribution in [0.4, 0.5) is 19.0 Å². The van der Waals surface area contributed by atoms with E-state index < -0.39 is 44.2 Å². The molecule has 1 aliphatic heterocycles. The van der Waals surface area contributed by atoms with Gasteiger partial charge in [-0.3, -0.25) is 4.72 Å². The molecule has 0 spiro atoms. The average molecular weight is 510 g/mol. The van der Waals surface area contributed by atoms with Gasteiger partial charge in [-0.25, -0.2) is 4.98 Å². The van der Waals surface area contributed by atoms with Crippen molar-refractivity contribution in [2.24, 2.45) is 0 Å². The summed E-state index contributed by atoms with van der Waals surface area (Å²) >= 11 is 0. The van der Waals surface area contributed by atoms with Gasteiger partial charge in [0.1, 0.15) is 11.4 Å². The number of anilines is 1. The summed E-state index contributed by atoms with van der Waals surface area (Å²) in [5, 5.41) is 9.82. The number of benzene rings is 1. The standard InChI is InChI=1S/C23H22F3N3O5S/c1-14-6-3-4-7-15(14)21-16(23(24,25)26)10-11-18(27-21)29-35(31,32)20-9-5-8-19(28-20)34-17-12-33-13-22(17,2)30/h3-11,17,30H,12-13H2,1-2H3,(H,27,29)/t17-,22-/m1/s1. The van der Waals surface area contributed by atoms with E-state index in [0.29, 0.717) is 5.56 Å². The van der Waals surface area contributed by atoms with Crippen LogP contribution in [-0.4, -0.2) is 48.4 Å². The summed E-state index contributed by atoms with van der Waals surface area (Å²) in [6.07, 6.45) is -5.45. The monoisotopic (exact) mass is 509 g/mol. The molecule has 12 heteroatoms. The minimum Gasteiger partial charge on any atom is -0.469 e. The predicted molar refractivity (Wildman–Crippen MR) is 120 cm³/mol. The lowest BCUT2D eigenvalue weighted by atomic mass is 10.0. The molecule has 2 N–H and O–H groups in total. The molecule has 0 amide bonds. The van der Waals surface area contributed by atoms with E-state index in [0.717, 1.165) is 12.1 Å². The largest absolute Gasteiger partial charge is 0.469 e. The number of sulfonamides is 1. The molecule has 0 saturated carbocycles. The van der Waals surface area contributed by atoms with Crippen LogP contribution in [0.25, 0.3) is 11.3 Å². The lowest BCUT2D eigenvalue weighted by Gasteiger charge is -2.23. The van der Waals surface area contributed by atoms with Crippen LogP contribution < -0.4 is 9.46 Å². The Kier molecular flexibility index (Phi) is 6.47. The number of hydrogen-bond donors (Lipinski definition) is 2. The summed E-state index contributed by atoms with van der Waals surface area (Å²) in [6.45, 7) is 3.31. The van der Waals surface area contributed by atoms with Gasteiger partial charge in [0.05, 0.1) is 24.5 Å². The molecule has 0 aliphatic carbocycles. The van der Waals surface area contributed by atoms with Crippen LogP contribution in [0.3, 0.4) is 0 Å². The fourth-order valence-electron chi connectivity index (χ4n) is 3.54. The Balaban J connectivity index is 1.65. The lowest BCUT2D eigenvalue weighted by Crippen LogP contribution is -2.42. The van der Waals surface area contributed by atoms with Crippen molar-refractivity contribution in [3.8, 4) is 17.1 Å². The van der Waals surface area contributed by atoms with Crippen molar-refractivity contribution in [1.29, 1.82) is 0 Å². The molecule has 8 nitrogen and oxygen atoms in total. The molecule has 4 rings (SSSR count). The van der Waals surface area contributed by atoms with Gasteiger partial charge in [0.2, 0.25) is 5.88 Å². The average Bonchev–Trinajstić information content (AvgIpc) is 3.11. The molecule has 1 aliphatic rings. The summed E-state index contributed by atoms with van der Waals surface area (Å²) < 4.78 is 79.8. The van der Waals surface area contributed by atoms with E-state index in [-0.39, 0.29) is 30.5 Å². The molecule has 35 heavy (non-hydrogen) atoms. The summed E-state index contributed by atoms with van der Waals surface area (Å²) in [5.41, 5.74) is -1.90. The highest BCUT2D eigenvalue weighted by molar-refractivity contribution is 7.92. The van der Waals surface area contributed by atoms with Crippen LogP contribution in [0.5, 0.6) is 5.88 Å². The smallest absolute Gasteiger partial charge is 0.418 e. The normalized spacial score (nSPS) is 20.6. The predicted octanol–water partition coefficient (Wildman–Crippen LogP) is 3.80. The minimum absolute atomic E-state index is 0.0556. The molecule has 186 valence electrons. The number of aliphatic hydroxyl groups is 1. The van der Waals surface area contributed by atoms with E-state index in [9.17, 15) is 26.7 Å². The maximum Gasteiger partial charge on any atom is 0.418 e. The van der Waals surface area contributed by atoms with Crippen LogP contribution in [0.2, 0.25) is 0 Å². The molecule has 2 atom stereocenters. The summed E-state index contributed by atoms with van der Waals surface area (Å²) in [7, 11) is -4.33. The number of rotatable bonds is 6. The zero-order valence-electron chi connectivity index (χ0n) is 18.7. The van der Waals surface area contributed by atoms with Crippen molar-refractivity contribution in [1.82, 2.24) is 9.97 Å². The van der Waals surface area contributed by atoms with Gasteiger partial charge in [0.15, 0.2) is 11.1 Å². The summed E-state index contributed by atoms with van der Waals surface area (Å²) in [5.74, 6) is -0.374. The summed E-state index contributed by atoms with van der Waals surface area (Å²) in [6, 6.07) is 12.1. The zero-order valence-corrected chi connectivity index (χ0v) is 19.5. The van der Waals surface area contributed by atoms with E-state index in [4.69, 9.17) is 9.47 Å². The van der Waals surface area contributed by atoms with Crippen molar-refractivity contribution in [3.05, 3.63) is 65.7 Å². The number of aryl methyl sites for hydroxylation is 1. The van der Waals surface area contributed by atoms with Crippen LogP contribution in [0.15, 0.2) is 59.6 Å². The molecule has 3 aromatic rings. The molecule has 0 radical (unpaired) electrons. The summed E-state index contributed by atoms with van der Waals surface area (Å²) in [4.78, 5) is 7.96. The van der Waals surface area contributed by atoms with Crippen LogP contribution in [-0.2, 0) is 20.9 Å². The van der Waals surface area contributed by atoms with Gasteiger partial charge in [-0.1, -0.05) is 30.3 Å². The Morgan fingerprint density at radius 2 is 1.86 bits per heavy atom. The van der Waals surface area contributed by atoms with Gasteiger partial charge >= 0.3 is 6.18 Å². The van der Waals surface area contributed by atoms with Crippen molar-refractivity contribution in [3.63, 3.8) is 0 Å². The van der Waals surface area contributed by atoms with Gasteiger partial charge < -0.3 is 14.6 Å². The third-order valence-corrected chi connectivity index (χ3v) is 6.69. The number of ether oxygens (including phenoxy) is 2. The highest BCUT2D eigenvalue weighted by Crippen LogP contribution is 2.38. The van der Waals surface area contributed by atoms with Crippen LogP contribution in [0, 0.1) is 6.92 Å². The third kappa shape index (κ3) is 5.39. The Bertz CT molecular complexity index is 1350. The van der Waals surface area contributed by atoms with Crippen LogP contribution in [0.1, 0.15) is 18.1 Å². The number of hydrogen-bond acceptors (Lipinski definition) is 7. The van der Waals surface area contributed by atoms with Gasteiger partial charge in [-0.15, -0.1) is 0 Å². The van der Waals surface area contributed by atoms with E-state index in [1.165, 1.54) is 31.2 Å². The first kappa shape index (κ1) is 24.9. The molecule has 0 bridgehead atoms. The van der Waals surface area contributed by atoms with E-state index in [1.54, 1.807) is 25.1 Å². The van der Waals surface area contributed by atoms with E-state index in [2.05, 4.69) is 14.7 Å². The molecule has 2 aromatic heterocycles. The third-order valence-electron chi connectivity index (χ3n) is 5.43. The second-order valence-corrected chi connectivity index (χ2v) is 9.93. The van der Waals surface area contributed by atoms with Gasteiger partial charge in [-0.2, -0.15) is 26.6 Å². The Morgan fingerprint density at radius 1 is 1.11 bits per heavy atom. The van der Waals surface area contributed by atoms with Crippen molar-refractivity contribution in [2.75, 3.05) is 17.9 Å². The zero-order chi connectivity index (χ0) is 25.4. The highest BCUT2D eigenvalue weighted by atomic mass is 32.2. The van der Waals surface area contributed by atoms with Crippen molar-refractivity contribution < 1.29 is 36.2 Å². The van der Waals surface area contributed by atoms with E-state index >= 15 is 0 Å². The second kappa shape index (κ2) is 9.10. The van der Waals surface area contributed by atoms with E-state index in [1.807, 2.05) is 0 Å². The first-order valence-corrected chi connectivity index (χ1v) is 12.0. The molecule has 1 fully saturated rings. The van der Waals surface area contributed by atoms with Gasteiger partial charge in [-0.05, 0) is 37.6 Å². The lowest BCUT2D eigenvalue weighted by molar-refractivity contribution is -0.137. The first-order valence-electron chi connectivity index (χ1n) is 10.5. The van der Waals surface area contributed by atoms with Gasteiger partial charge in [0, 0.05) is 11.6 Å². The fraction of sp³-hybridized carbons (Fsp3) is 0.304. The topological polar surface area (TPSA) is 111 Å². The van der Waals surface area contributed by atoms with Gasteiger partial charge in [0.25, 0.3) is 10.0 Å². The molecule has 1 aromatic carbocycles. The number of nitrogens with one attached hydrogen (secondary N) is 1. The van der Waals surface area contributed by atoms with Crippen molar-refractivity contribution >= 4 is 15.8 Å². The molecular weight excluding hydrogens is 487 g/mol. The maximum atomic E-state index is 13.6. The SMILES string of the molecule is Cc1ccccc1-c1nc(NS(=O)(=O)c2cccc(O[C@@H]3COC[C@@]3(C)O)n2)ccc1C(F)(F)F. The quantitative estimate of drug-likeness (QED) is 0.520. The highest BCUT2D eigenvalue weighted by Gasteiger charge is 2.40. The Labute approximate surface area is 199 Å². The van der Waals surface area contributed by atoms with Crippen LogP contribution >= 0.6 is 0 Å². The molecule has 0 unspecified atom stereocenters. The number of pyridine rings is 2. The maximum absolute atomic E-state index is 13.6.